The highest BCUT2D eigenvalue weighted by Crippen LogP contribution is 2.19. The second kappa shape index (κ2) is 12.7. The van der Waals surface area contributed by atoms with Crippen LogP contribution >= 0.6 is 0 Å². The molecule has 2 aromatic rings. The Morgan fingerprint density at radius 1 is 0.944 bits per heavy atom. The van der Waals surface area contributed by atoms with Crippen LogP contribution in [0.4, 0.5) is 0 Å². The van der Waals surface area contributed by atoms with E-state index in [9.17, 15) is 29.1 Å². The van der Waals surface area contributed by atoms with E-state index in [1.54, 1.807) is 6.20 Å². The smallest absolute Gasteiger partial charge is 0.326 e. The summed E-state index contributed by atoms with van der Waals surface area (Å²) in [6, 6.07) is 2.80. The number of nitrogens with two attached hydrogens (primary N) is 2. The van der Waals surface area contributed by atoms with Crippen molar-refractivity contribution in [2.75, 3.05) is 0 Å². The van der Waals surface area contributed by atoms with Crippen LogP contribution in [-0.2, 0) is 30.4 Å². The Labute approximate surface area is 208 Å². The SMILES string of the molecule is CC(C)CC(NC(=O)C(C)NC(=O)C(Cc1c[nH]c2ccccc12)NC(=O)C(N)CC(N)=O)C(=O)O. The highest BCUT2D eigenvalue weighted by molar-refractivity contribution is 5.95. The summed E-state index contributed by atoms with van der Waals surface area (Å²) in [5.41, 5.74) is 12.4. The Bertz CT molecular complexity index is 1110. The molecule has 0 aliphatic carbocycles. The van der Waals surface area contributed by atoms with Gasteiger partial charge in [-0.2, -0.15) is 0 Å². The zero-order chi connectivity index (χ0) is 27.0. The number of carboxylic acid groups (broad SMARTS) is 1. The lowest BCUT2D eigenvalue weighted by atomic mass is 10.0. The third kappa shape index (κ3) is 8.08. The van der Waals surface area contributed by atoms with Crippen LogP contribution in [0, 0.1) is 5.92 Å². The number of nitrogens with one attached hydrogen (secondary N) is 4. The normalized spacial score (nSPS) is 14.5. The van der Waals surface area contributed by atoms with Crippen molar-refractivity contribution in [3.8, 4) is 0 Å². The van der Waals surface area contributed by atoms with Gasteiger partial charge in [0.1, 0.15) is 18.1 Å². The fourth-order valence-electron chi connectivity index (χ4n) is 3.69. The molecule has 36 heavy (non-hydrogen) atoms. The minimum atomic E-state index is -1.26. The fourth-order valence-corrected chi connectivity index (χ4v) is 3.69. The first-order chi connectivity index (χ1) is 16.9. The summed E-state index contributed by atoms with van der Waals surface area (Å²) in [4.78, 5) is 64.0. The average molecular weight is 503 g/mol. The molecular formula is C24H34N6O6. The maximum Gasteiger partial charge on any atom is 0.326 e. The zero-order valence-electron chi connectivity index (χ0n) is 20.5. The van der Waals surface area contributed by atoms with Crippen LogP contribution in [0.25, 0.3) is 10.9 Å². The van der Waals surface area contributed by atoms with Gasteiger partial charge in [0.05, 0.1) is 12.5 Å². The molecule has 0 aliphatic heterocycles. The Kier molecular flexibility index (Phi) is 9.97. The highest BCUT2D eigenvalue weighted by atomic mass is 16.4. The number of carbonyl (C=O) groups excluding carboxylic acids is 4. The Balaban J connectivity index is 2.18. The number of fused-ring (bicyclic) bond motifs is 1. The number of rotatable bonds is 13. The number of aliphatic carboxylic acids is 1. The number of primary amides is 1. The van der Waals surface area contributed by atoms with Gasteiger partial charge in [-0.15, -0.1) is 0 Å². The van der Waals surface area contributed by atoms with E-state index in [-0.39, 0.29) is 18.8 Å². The van der Waals surface area contributed by atoms with E-state index in [4.69, 9.17) is 11.5 Å². The number of H-pyrrole nitrogens is 1. The summed E-state index contributed by atoms with van der Waals surface area (Å²) in [5.74, 6) is -4.04. The van der Waals surface area contributed by atoms with E-state index >= 15 is 0 Å². The number of benzene rings is 1. The number of hydrogen-bond donors (Lipinski definition) is 7. The molecule has 1 aromatic heterocycles. The molecule has 2 rings (SSSR count). The first-order valence-corrected chi connectivity index (χ1v) is 11.6. The molecule has 0 radical (unpaired) electrons. The molecule has 0 saturated heterocycles. The quantitative estimate of drug-likeness (QED) is 0.191. The lowest BCUT2D eigenvalue weighted by molar-refractivity contribution is -0.142. The van der Waals surface area contributed by atoms with Gasteiger partial charge in [-0.1, -0.05) is 32.0 Å². The van der Waals surface area contributed by atoms with Crippen LogP contribution in [0.2, 0.25) is 0 Å². The molecule has 12 nitrogen and oxygen atoms in total. The molecule has 0 fully saturated rings. The topological polar surface area (TPSA) is 210 Å². The van der Waals surface area contributed by atoms with Crippen molar-refractivity contribution < 1.29 is 29.1 Å². The lowest BCUT2D eigenvalue weighted by Crippen LogP contribution is -2.57. The van der Waals surface area contributed by atoms with Gasteiger partial charge in [0, 0.05) is 23.5 Å². The number of para-hydroxylation sites is 1. The minimum absolute atomic E-state index is 0.0247. The summed E-state index contributed by atoms with van der Waals surface area (Å²) < 4.78 is 0. The Hall–Kier alpha value is -3.93. The first kappa shape index (κ1) is 28.3. The summed E-state index contributed by atoms with van der Waals surface area (Å²) in [5, 5.41) is 17.7. The number of amides is 4. The third-order valence-electron chi connectivity index (χ3n) is 5.56. The van der Waals surface area contributed by atoms with E-state index in [1.165, 1.54) is 6.92 Å². The van der Waals surface area contributed by atoms with Gasteiger partial charge in [-0.3, -0.25) is 19.2 Å². The van der Waals surface area contributed by atoms with Crippen molar-refractivity contribution >= 4 is 40.5 Å². The molecule has 4 amide bonds. The number of carboxylic acids is 1. The molecule has 0 bridgehead atoms. The maximum absolute atomic E-state index is 13.1. The Morgan fingerprint density at radius 3 is 2.19 bits per heavy atom. The molecule has 0 spiro atoms. The van der Waals surface area contributed by atoms with Crippen LogP contribution in [0.3, 0.4) is 0 Å². The highest BCUT2D eigenvalue weighted by Gasteiger charge is 2.29. The zero-order valence-corrected chi connectivity index (χ0v) is 20.5. The number of hydrogen-bond acceptors (Lipinski definition) is 6. The van der Waals surface area contributed by atoms with Crippen LogP contribution in [0.5, 0.6) is 0 Å². The fraction of sp³-hybridized carbons (Fsp3) is 0.458. The van der Waals surface area contributed by atoms with E-state index < -0.39 is 60.2 Å². The summed E-state index contributed by atoms with van der Waals surface area (Å²) in [6.45, 7) is 5.06. The van der Waals surface area contributed by atoms with Gasteiger partial charge >= 0.3 is 5.97 Å². The van der Waals surface area contributed by atoms with Gasteiger partial charge in [0.25, 0.3) is 0 Å². The third-order valence-corrected chi connectivity index (χ3v) is 5.56. The molecular weight excluding hydrogens is 468 g/mol. The van der Waals surface area contributed by atoms with Crippen molar-refractivity contribution in [1.29, 1.82) is 0 Å². The summed E-state index contributed by atoms with van der Waals surface area (Å²) >= 11 is 0. The first-order valence-electron chi connectivity index (χ1n) is 11.6. The molecule has 9 N–H and O–H groups in total. The van der Waals surface area contributed by atoms with Crippen LogP contribution in [0.15, 0.2) is 30.5 Å². The lowest BCUT2D eigenvalue weighted by Gasteiger charge is -2.24. The van der Waals surface area contributed by atoms with Gasteiger partial charge in [0.15, 0.2) is 0 Å². The van der Waals surface area contributed by atoms with Crippen LogP contribution in [-0.4, -0.2) is 63.9 Å². The Morgan fingerprint density at radius 2 is 1.58 bits per heavy atom. The van der Waals surface area contributed by atoms with E-state index in [0.717, 1.165) is 16.5 Å². The van der Waals surface area contributed by atoms with Crippen molar-refractivity contribution in [3.05, 3.63) is 36.0 Å². The molecule has 4 unspecified atom stereocenters. The summed E-state index contributed by atoms with van der Waals surface area (Å²) in [7, 11) is 0. The van der Waals surface area contributed by atoms with Crippen molar-refractivity contribution in [1.82, 2.24) is 20.9 Å². The van der Waals surface area contributed by atoms with Crippen LogP contribution < -0.4 is 27.4 Å². The maximum atomic E-state index is 13.1. The van der Waals surface area contributed by atoms with E-state index in [0.29, 0.717) is 0 Å². The van der Waals surface area contributed by atoms with E-state index in [2.05, 4.69) is 20.9 Å². The molecule has 196 valence electrons. The average Bonchev–Trinajstić information content (AvgIpc) is 3.19. The second-order valence-corrected chi connectivity index (χ2v) is 9.16. The van der Waals surface area contributed by atoms with E-state index in [1.807, 2.05) is 38.1 Å². The molecule has 0 aliphatic rings. The largest absolute Gasteiger partial charge is 0.480 e. The summed E-state index contributed by atoms with van der Waals surface area (Å²) in [6.07, 6.45) is 1.58. The molecule has 1 aromatic carbocycles. The van der Waals surface area contributed by atoms with Gasteiger partial charge < -0.3 is 37.5 Å². The minimum Gasteiger partial charge on any atom is -0.480 e. The van der Waals surface area contributed by atoms with Gasteiger partial charge in [-0.05, 0) is 30.9 Å². The standard InChI is InChI=1S/C24H34N6O6/c1-12(2)8-19(24(35)36)30-21(32)13(3)28-23(34)18(29-22(33)16(25)10-20(26)31)9-14-11-27-17-7-5-4-6-15(14)17/h4-7,11-13,16,18-19,27H,8-10,25H2,1-3H3,(H2,26,31)(H,28,34)(H,29,33)(H,30,32)(H,35,36). The predicted molar refractivity (Wildman–Crippen MR) is 132 cm³/mol. The van der Waals surface area contributed by atoms with Gasteiger partial charge in [-0.25, -0.2) is 4.79 Å². The number of carbonyl (C=O) groups is 5. The number of aromatic nitrogens is 1. The molecule has 1 heterocycles. The molecule has 12 heteroatoms. The predicted octanol–water partition coefficient (Wildman–Crippen LogP) is -0.482. The van der Waals surface area contributed by atoms with Crippen molar-refractivity contribution in [3.63, 3.8) is 0 Å². The van der Waals surface area contributed by atoms with Crippen LogP contribution in [0.1, 0.15) is 39.2 Å². The monoisotopic (exact) mass is 502 g/mol. The number of aromatic amines is 1. The van der Waals surface area contributed by atoms with Crippen molar-refractivity contribution in [2.45, 2.75) is 64.2 Å². The van der Waals surface area contributed by atoms with Gasteiger partial charge in [0.2, 0.25) is 23.6 Å². The second-order valence-electron chi connectivity index (χ2n) is 9.16. The van der Waals surface area contributed by atoms with Crippen molar-refractivity contribution in [2.24, 2.45) is 17.4 Å². The molecule has 4 atom stereocenters. The molecule has 0 saturated carbocycles.